The van der Waals surface area contributed by atoms with Crippen LogP contribution >= 0.6 is 0 Å². The second kappa shape index (κ2) is 12.1. The van der Waals surface area contributed by atoms with Gasteiger partial charge in [0, 0.05) is 5.92 Å². The number of terminal acetylenes is 1. The van der Waals surface area contributed by atoms with Gasteiger partial charge in [-0.25, -0.2) is 0 Å². The summed E-state index contributed by atoms with van der Waals surface area (Å²) in [5, 5.41) is 0. The van der Waals surface area contributed by atoms with Crippen molar-refractivity contribution in [1.82, 2.24) is 0 Å². The molecular weight excluding hydrogens is 264 g/mol. The van der Waals surface area contributed by atoms with E-state index < -0.39 is 0 Å². The molecule has 0 aromatic heterocycles. The molecule has 0 heteroatoms. The van der Waals surface area contributed by atoms with E-state index in [0.717, 1.165) is 32.1 Å². The van der Waals surface area contributed by atoms with Gasteiger partial charge in [0.25, 0.3) is 0 Å². The van der Waals surface area contributed by atoms with Gasteiger partial charge in [-0.3, -0.25) is 0 Å². The van der Waals surface area contributed by atoms with Crippen molar-refractivity contribution < 1.29 is 0 Å². The molecule has 0 nitrogen and oxygen atoms in total. The van der Waals surface area contributed by atoms with Crippen LogP contribution < -0.4 is 0 Å². The normalized spacial score (nSPS) is 13.3. The molecule has 1 atom stereocenters. The molecule has 0 saturated heterocycles. The Balaban J connectivity index is 4.38. The topological polar surface area (TPSA) is 0 Å². The zero-order valence-electron chi connectivity index (χ0n) is 15.5. The number of rotatable bonds is 9. The first kappa shape index (κ1) is 20.5. The van der Waals surface area contributed by atoms with E-state index in [-0.39, 0.29) is 5.92 Å². The summed E-state index contributed by atoms with van der Waals surface area (Å²) in [6.07, 6.45) is 20.3. The van der Waals surface area contributed by atoms with Gasteiger partial charge in [0.15, 0.2) is 0 Å². The van der Waals surface area contributed by atoms with Crippen LogP contribution in [0, 0.1) is 18.3 Å². The van der Waals surface area contributed by atoms with Gasteiger partial charge in [-0.2, -0.15) is 0 Å². The Bertz CT molecular complexity index is 467. The van der Waals surface area contributed by atoms with E-state index in [9.17, 15) is 0 Å². The van der Waals surface area contributed by atoms with Gasteiger partial charge in [-0.05, 0) is 73.6 Å². The third-order valence-electron chi connectivity index (χ3n) is 3.60. The second-order valence-electron chi connectivity index (χ2n) is 6.71. The van der Waals surface area contributed by atoms with Crippen LogP contribution in [0.25, 0.3) is 0 Å². The average Bonchev–Trinajstić information content (AvgIpc) is 2.42. The first-order chi connectivity index (χ1) is 10.3. The molecule has 1 unspecified atom stereocenters. The van der Waals surface area contributed by atoms with Crippen LogP contribution in [0.4, 0.5) is 0 Å². The first-order valence-corrected chi connectivity index (χ1v) is 8.41. The van der Waals surface area contributed by atoms with E-state index in [0.29, 0.717) is 0 Å². The van der Waals surface area contributed by atoms with Crippen LogP contribution in [-0.4, -0.2) is 0 Å². The van der Waals surface area contributed by atoms with Crippen LogP contribution in [0.3, 0.4) is 0 Å². The number of hydrogen-bond donors (Lipinski definition) is 0. The molecule has 0 rings (SSSR count). The Morgan fingerprint density at radius 1 is 0.818 bits per heavy atom. The van der Waals surface area contributed by atoms with E-state index in [4.69, 9.17) is 6.42 Å². The summed E-state index contributed by atoms with van der Waals surface area (Å²) in [7, 11) is 0. The van der Waals surface area contributed by atoms with Gasteiger partial charge in [-0.15, -0.1) is 6.42 Å². The fourth-order valence-electron chi connectivity index (χ4n) is 2.22. The minimum absolute atomic E-state index is 0.227. The molecule has 0 aliphatic carbocycles. The van der Waals surface area contributed by atoms with E-state index in [1.54, 1.807) is 0 Å². The van der Waals surface area contributed by atoms with Crippen molar-refractivity contribution in [3.05, 3.63) is 46.6 Å². The van der Waals surface area contributed by atoms with Crippen LogP contribution in [0.1, 0.15) is 73.6 Å². The molecule has 122 valence electrons. The summed E-state index contributed by atoms with van der Waals surface area (Å²) in [4.78, 5) is 0. The minimum Gasteiger partial charge on any atom is -0.119 e. The predicted octanol–water partition coefficient (Wildman–Crippen LogP) is 7.01. The van der Waals surface area contributed by atoms with Crippen LogP contribution in [0.2, 0.25) is 0 Å². The Morgan fingerprint density at radius 3 is 1.77 bits per heavy atom. The van der Waals surface area contributed by atoms with Gasteiger partial charge >= 0.3 is 0 Å². The minimum atomic E-state index is 0.227. The maximum absolute atomic E-state index is 5.68. The second-order valence-corrected chi connectivity index (χ2v) is 6.71. The molecule has 0 aromatic carbocycles. The molecule has 0 spiro atoms. The summed E-state index contributed by atoms with van der Waals surface area (Å²) >= 11 is 0. The van der Waals surface area contributed by atoms with Crippen molar-refractivity contribution in [2.45, 2.75) is 73.6 Å². The van der Waals surface area contributed by atoms with Crippen LogP contribution in [-0.2, 0) is 0 Å². The van der Waals surface area contributed by atoms with Crippen molar-refractivity contribution in [3.63, 3.8) is 0 Å². The molecule has 0 radical (unpaired) electrons. The third kappa shape index (κ3) is 12.3. The average molecular weight is 299 g/mol. The lowest BCUT2D eigenvalue weighted by Gasteiger charge is -2.06. The van der Waals surface area contributed by atoms with Crippen molar-refractivity contribution in [2.24, 2.45) is 5.92 Å². The van der Waals surface area contributed by atoms with Crippen LogP contribution in [0.5, 0.6) is 0 Å². The summed E-state index contributed by atoms with van der Waals surface area (Å²) in [6, 6.07) is 0. The lowest BCUT2D eigenvalue weighted by molar-refractivity contribution is 0.821. The van der Waals surface area contributed by atoms with Gasteiger partial charge in [-0.1, -0.05) is 52.5 Å². The summed E-state index contributed by atoms with van der Waals surface area (Å²) in [5.41, 5.74) is 5.62. The van der Waals surface area contributed by atoms with Gasteiger partial charge < -0.3 is 0 Å². The van der Waals surface area contributed by atoms with Gasteiger partial charge in [0.1, 0.15) is 0 Å². The standard InChI is InChI=1S/C22H34/c1-8-22(17-21(7)14-10-12-19(4)5)16-15-20(6)13-9-11-18(2)3/h1,11-12,15,17,22H,9-10,13-14,16H2,2-7H3/b20-15+,21-17+. The van der Waals surface area contributed by atoms with E-state index in [1.807, 2.05) is 0 Å². The molecule has 0 bridgehead atoms. The molecular formula is C22H34. The van der Waals surface area contributed by atoms with Gasteiger partial charge in [0.05, 0.1) is 0 Å². The lowest BCUT2D eigenvalue weighted by Crippen LogP contribution is -1.93. The fraction of sp³-hybridized carbons (Fsp3) is 0.545. The third-order valence-corrected chi connectivity index (χ3v) is 3.60. The molecule has 0 fully saturated rings. The summed E-state index contributed by atoms with van der Waals surface area (Å²) in [5.74, 6) is 3.14. The van der Waals surface area contributed by atoms with Crippen molar-refractivity contribution >= 4 is 0 Å². The van der Waals surface area contributed by atoms with E-state index >= 15 is 0 Å². The highest BCUT2D eigenvalue weighted by Gasteiger charge is 2.01. The smallest absolute Gasteiger partial charge is 0.0417 e. The summed E-state index contributed by atoms with van der Waals surface area (Å²) < 4.78 is 0. The molecule has 0 heterocycles. The zero-order valence-corrected chi connectivity index (χ0v) is 15.5. The monoisotopic (exact) mass is 298 g/mol. The molecule has 0 saturated carbocycles. The molecule has 0 aromatic rings. The molecule has 0 aliphatic heterocycles. The maximum Gasteiger partial charge on any atom is 0.0417 e. The zero-order chi connectivity index (χ0) is 17.0. The summed E-state index contributed by atoms with van der Waals surface area (Å²) in [6.45, 7) is 13.0. The molecule has 0 N–H and O–H groups in total. The molecule has 0 amide bonds. The Labute approximate surface area is 139 Å². The quantitative estimate of drug-likeness (QED) is 0.317. The Kier molecular flexibility index (Phi) is 11.3. The molecule has 22 heavy (non-hydrogen) atoms. The highest BCUT2D eigenvalue weighted by Crippen LogP contribution is 2.15. The fourth-order valence-corrected chi connectivity index (χ4v) is 2.22. The predicted molar refractivity (Wildman–Crippen MR) is 102 cm³/mol. The van der Waals surface area contributed by atoms with Gasteiger partial charge in [0.2, 0.25) is 0 Å². The Morgan fingerprint density at radius 2 is 1.32 bits per heavy atom. The lowest BCUT2D eigenvalue weighted by atomic mass is 9.98. The van der Waals surface area contributed by atoms with Crippen molar-refractivity contribution in [2.75, 3.05) is 0 Å². The molecule has 0 aliphatic rings. The van der Waals surface area contributed by atoms with E-state index in [2.05, 4.69) is 71.8 Å². The first-order valence-electron chi connectivity index (χ1n) is 8.41. The Hall–Kier alpha value is -1.48. The highest BCUT2D eigenvalue weighted by molar-refractivity contribution is 5.15. The van der Waals surface area contributed by atoms with Crippen molar-refractivity contribution in [3.8, 4) is 12.3 Å². The maximum atomic E-state index is 5.68. The number of hydrogen-bond acceptors (Lipinski definition) is 0. The highest BCUT2D eigenvalue weighted by atomic mass is 14.1. The van der Waals surface area contributed by atoms with Crippen LogP contribution in [0.15, 0.2) is 46.6 Å². The van der Waals surface area contributed by atoms with E-state index in [1.165, 1.54) is 22.3 Å². The number of allylic oxidation sites excluding steroid dienone is 8. The largest absolute Gasteiger partial charge is 0.119 e. The SMILES string of the molecule is C#CC(/C=C(\C)CCC=C(C)C)C/C=C(\C)CCC=C(C)C. The van der Waals surface area contributed by atoms with Crippen molar-refractivity contribution in [1.29, 1.82) is 0 Å².